The predicted molar refractivity (Wildman–Crippen MR) is 118 cm³/mol. The van der Waals surface area contributed by atoms with E-state index in [1.807, 2.05) is 0 Å². The van der Waals surface area contributed by atoms with Crippen LogP contribution in [0.4, 0.5) is 0 Å². The maximum Gasteiger partial charge on any atom is 0.169 e. The van der Waals surface area contributed by atoms with Gasteiger partial charge in [0.25, 0.3) is 0 Å². The highest BCUT2D eigenvalue weighted by Crippen LogP contribution is 2.20. The highest BCUT2D eigenvalue weighted by atomic mass is 14.9. The van der Waals surface area contributed by atoms with Crippen LogP contribution in [0.1, 0.15) is 47.2 Å². The Morgan fingerprint density at radius 2 is 0.964 bits per heavy atom. The number of aryl methyl sites for hydroxylation is 4. The minimum absolute atomic E-state index is 0.999. The number of aromatic nitrogens is 2. The van der Waals surface area contributed by atoms with Gasteiger partial charge in [-0.1, -0.05) is 36.4 Å². The number of hydrogen-bond donors (Lipinski definition) is 0. The van der Waals surface area contributed by atoms with Crippen molar-refractivity contribution in [2.45, 2.75) is 40.8 Å². The van der Waals surface area contributed by atoms with Crippen molar-refractivity contribution in [1.82, 2.24) is 0 Å². The van der Waals surface area contributed by atoms with Gasteiger partial charge in [0.15, 0.2) is 24.8 Å². The van der Waals surface area contributed by atoms with E-state index >= 15 is 0 Å². The summed E-state index contributed by atoms with van der Waals surface area (Å²) in [6.07, 6.45) is 17.3. The van der Waals surface area contributed by atoms with E-state index in [1.165, 1.54) is 33.4 Å². The van der Waals surface area contributed by atoms with Crippen molar-refractivity contribution in [1.29, 1.82) is 0 Å². The van der Waals surface area contributed by atoms with Crippen molar-refractivity contribution in [2.24, 2.45) is 0 Å². The van der Waals surface area contributed by atoms with Gasteiger partial charge in [-0.2, -0.15) is 0 Å². The number of pyridine rings is 2. The van der Waals surface area contributed by atoms with Crippen LogP contribution in [0.2, 0.25) is 0 Å². The SMILES string of the molecule is CC[n+]1ccc(C=Cc2cc(C)c(C=Cc3cc[n+](CC)cc3)cc2C)cc1. The molecule has 0 unspecified atom stereocenters. The zero-order valence-electron chi connectivity index (χ0n) is 17.4. The molecule has 2 aromatic heterocycles. The Bertz CT molecular complexity index is 895. The molecule has 2 heteroatoms. The topological polar surface area (TPSA) is 7.76 Å². The molecule has 0 atom stereocenters. The average molecular weight is 371 g/mol. The van der Waals surface area contributed by atoms with Gasteiger partial charge in [-0.25, -0.2) is 9.13 Å². The molecule has 0 bridgehead atoms. The van der Waals surface area contributed by atoms with E-state index in [1.54, 1.807) is 0 Å². The predicted octanol–water partition coefficient (Wildman–Crippen LogP) is 5.26. The molecule has 28 heavy (non-hydrogen) atoms. The summed E-state index contributed by atoms with van der Waals surface area (Å²) in [6.45, 7) is 10.7. The van der Waals surface area contributed by atoms with Gasteiger partial charge < -0.3 is 0 Å². The van der Waals surface area contributed by atoms with Gasteiger partial charge in [0.05, 0.1) is 0 Å². The summed E-state index contributed by atoms with van der Waals surface area (Å²) in [5, 5.41) is 0. The second-order valence-corrected chi connectivity index (χ2v) is 7.16. The van der Waals surface area contributed by atoms with E-state index in [-0.39, 0.29) is 0 Å². The molecule has 0 aliphatic rings. The fraction of sp³-hybridized carbons (Fsp3) is 0.231. The lowest BCUT2D eigenvalue weighted by atomic mass is 9.98. The third kappa shape index (κ3) is 5.04. The molecule has 0 N–H and O–H groups in total. The molecule has 2 nitrogen and oxygen atoms in total. The normalized spacial score (nSPS) is 11.6. The van der Waals surface area contributed by atoms with Crippen molar-refractivity contribution in [2.75, 3.05) is 0 Å². The number of rotatable bonds is 6. The maximum atomic E-state index is 2.27. The zero-order chi connectivity index (χ0) is 19.9. The summed E-state index contributed by atoms with van der Waals surface area (Å²) in [6, 6.07) is 13.2. The third-order valence-corrected chi connectivity index (χ3v) is 5.13. The fourth-order valence-electron chi connectivity index (χ4n) is 3.17. The van der Waals surface area contributed by atoms with Crippen molar-refractivity contribution in [3.63, 3.8) is 0 Å². The molecule has 0 spiro atoms. The Kier molecular flexibility index (Phi) is 6.54. The molecule has 142 valence electrons. The standard InChI is InChI=1S/C26H30N2/c1-5-27-15-11-23(12-16-27)7-9-25-19-22(4)26(20-21(25)3)10-8-24-13-17-28(6-2)18-14-24/h7-20H,5-6H2,1-4H3/q+2. The van der Waals surface area contributed by atoms with Gasteiger partial charge in [0.1, 0.15) is 13.1 Å². The molecule has 0 aliphatic carbocycles. The van der Waals surface area contributed by atoms with E-state index in [0.717, 1.165) is 13.1 Å². The molecule has 0 saturated heterocycles. The van der Waals surface area contributed by atoms with Crippen LogP contribution in [-0.4, -0.2) is 0 Å². The van der Waals surface area contributed by atoms with Gasteiger partial charge in [-0.3, -0.25) is 0 Å². The summed E-state index contributed by atoms with van der Waals surface area (Å²) < 4.78 is 4.34. The van der Waals surface area contributed by atoms with Crippen LogP contribution in [-0.2, 0) is 13.1 Å². The fourth-order valence-corrected chi connectivity index (χ4v) is 3.17. The molecule has 1 aromatic carbocycles. The van der Waals surface area contributed by atoms with Gasteiger partial charge in [0.2, 0.25) is 0 Å². The minimum Gasteiger partial charge on any atom is -0.205 e. The van der Waals surface area contributed by atoms with Crippen molar-refractivity contribution in [3.05, 3.63) is 94.6 Å². The van der Waals surface area contributed by atoms with E-state index in [4.69, 9.17) is 0 Å². The highest BCUT2D eigenvalue weighted by molar-refractivity contribution is 5.75. The van der Waals surface area contributed by atoms with Crippen LogP contribution < -0.4 is 9.13 Å². The minimum atomic E-state index is 0.999. The second kappa shape index (κ2) is 9.27. The number of nitrogens with zero attached hydrogens (tertiary/aromatic N) is 2. The third-order valence-electron chi connectivity index (χ3n) is 5.13. The summed E-state index contributed by atoms with van der Waals surface area (Å²) >= 11 is 0. The van der Waals surface area contributed by atoms with Crippen LogP contribution in [0.25, 0.3) is 24.3 Å². The van der Waals surface area contributed by atoms with Gasteiger partial charge in [-0.15, -0.1) is 0 Å². The average Bonchev–Trinajstić information content (AvgIpc) is 2.73. The molecular formula is C26H30N2+2. The van der Waals surface area contributed by atoms with Crippen molar-refractivity contribution in [3.8, 4) is 0 Å². The lowest BCUT2D eigenvalue weighted by Crippen LogP contribution is -2.30. The van der Waals surface area contributed by atoms with E-state index in [2.05, 4.69) is 122 Å². The first-order valence-corrected chi connectivity index (χ1v) is 10.0. The summed E-state index contributed by atoms with van der Waals surface area (Å²) in [5.41, 5.74) is 7.56. The molecule has 0 saturated carbocycles. The van der Waals surface area contributed by atoms with Gasteiger partial charge in [0, 0.05) is 24.3 Å². The smallest absolute Gasteiger partial charge is 0.169 e. The Morgan fingerprint density at radius 3 is 1.29 bits per heavy atom. The van der Waals surface area contributed by atoms with Crippen LogP contribution in [0, 0.1) is 13.8 Å². The van der Waals surface area contributed by atoms with Crippen molar-refractivity contribution >= 4 is 24.3 Å². The largest absolute Gasteiger partial charge is 0.205 e. The molecule has 0 amide bonds. The van der Waals surface area contributed by atoms with E-state index < -0.39 is 0 Å². The molecule has 3 aromatic rings. The van der Waals surface area contributed by atoms with Crippen LogP contribution in [0.5, 0.6) is 0 Å². The Balaban J connectivity index is 1.77. The molecule has 3 rings (SSSR count). The molecule has 0 fully saturated rings. The number of hydrogen-bond acceptors (Lipinski definition) is 0. The monoisotopic (exact) mass is 370 g/mol. The van der Waals surface area contributed by atoms with Crippen LogP contribution in [0.3, 0.4) is 0 Å². The Labute approximate surface area is 169 Å². The molecular weight excluding hydrogens is 340 g/mol. The first-order valence-electron chi connectivity index (χ1n) is 10.0. The van der Waals surface area contributed by atoms with Gasteiger partial charge >= 0.3 is 0 Å². The Morgan fingerprint density at radius 1 is 0.607 bits per heavy atom. The van der Waals surface area contributed by atoms with Crippen LogP contribution in [0.15, 0.2) is 61.2 Å². The lowest BCUT2D eigenvalue weighted by Gasteiger charge is -2.07. The van der Waals surface area contributed by atoms with Crippen LogP contribution >= 0.6 is 0 Å². The summed E-state index contributed by atoms with van der Waals surface area (Å²) in [5.74, 6) is 0. The van der Waals surface area contributed by atoms with E-state index in [0.29, 0.717) is 0 Å². The first kappa shape index (κ1) is 19.8. The first-order chi connectivity index (χ1) is 13.6. The summed E-state index contributed by atoms with van der Waals surface area (Å²) in [7, 11) is 0. The summed E-state index contributed by atoms with van der Waals surface area (Å²) in [4.78, 5) is 0. The van der Waals surface area contributed by atoms with Crippen molar-refractivity contribution < 1.29 is 9.13 Å². The number of benzene rings is 1. The highest BCUT2D eigenvalue weighted by Gasteiger charge is 2.02. The second-order valence-electron chi connectivity index (χ2n) is 7.16. The Hall–Kier alpha value is -3.00. The quantitative estimate of drug-likeness (QED) is 0.523. The molecule has 0 radical (unpaired) electrons. The maximum absolute atomic E-state index is 2.27. The lowest BCUT2D eigenvalue weighted by molar-refractivity contribution is -0.693. The molecule has 0 aliphatic heterocycles. The van der Waals surface area contributed by atoms with Gasteiger partial charge in [-0.05, 0) is 61.1 Å². The van der Waals surface area contributed by atoms with E-state index in [9.17, 15) is 0 Å². The zero-order valence-corrected chi connectivity index (χ0v) is 17.4. The molecule has 2 heterocycles.